The molecule has 0 saturated heterocycles. The molecule has 1 atom stereocenters. The first-order valence-electron chi connectivity index (χ1n) is 6.89. The van der Waals surface area contributed by atoms with E-state index in [1.807, 2.05) is 30.9 Å². The molecule has 0 amide bonds. The van der Waals surface area contributed by atoms with Gasteiger partial charge >= 0.3 is 0 Å². The number of halogens is 2. The molecular formula is C17H19BrFNS. The summed E-state index contributed by atoms with van der Waals surface area (Å²) in [5, 5.41) is 3.28. The first kappa shape index (κ1) is 16.5. The average molecular weight is 368 g/mol. The lowest BCUT2D eigenvalue weighted by atomic mass is 10.1. The SMILES string of the molecule is CNC(CSc1ccccc1C)Cc1cc(Br)ccc1F. The number of likely N-dealkylation sites (N-methyl/N-ethyl adjacent to an activating group) is 1. The molecule has 1 N–H and O–H groups in total. The van der Waals surface area contributed by atoms with Crippen molar-refractivity contribution in [3.8, 4) is 0 Å². The summed E-state index contributed by atoms with van der Waals surface area (Å²) in [7, 11) is 1.93. The Hall–Kier alpha value is -0.840. The second-order valence-corrected chi connectivity index (χ2v) is 6.98. The van der Waals surface area contributed by atoms with Crippen LogP contribution in [0.2, 0.25) is 0 Å². The Kier molecular flexibility index (Phi) is 6.27. The first-order chi connectivity index (χ1) is 10.1. The van der Waals surface area contributed by atoms with Crippen molar-refractivity contribution in [1.82, 2.24) is 5.32 Å². The van der Waals surface area contributed by atoms with E-state index in [4.69, 9.17) is 0 Å². The van der Waals surface area contributed by atoms with Crippen LogP contribution in [0.1, 0.15) is 11.1 Å². The van der Waals surface area contributed by atoms with Crippen molar-refractivity contribution in [3.05, 3.63) is 63.9 Å². The van der Waals surface area contributed by atoms with E-state index in [-0.39, 0.29) is 11.9 Å². The zero-order valence-electron chi connectivity index (χ0n) is 12.2. The van der Waals surface area contributed by atoms with E-state index in [0.29, 0.717) is 6.42 Å². The van der Waals surface area contributed by atoms with Gasteiger partial charge in [-0.2, -0.15) is 0 Å². The fourth-order valence-corrected chi connectivity index (χ4v) is 3.66. The van der Waals surface area contributed by atoms with Crippen molar-refractivity contribution in [2.24, 2.45) is 0 Å². The molecule has 0 aliphatic carbocycles. The molecule has 0 radical (unpaired) electrons. The Morgan fingerprint density at radius 2 is 2.00 bits per heavy atom. The van der Waals surface area contributed by atoms with Gasteiger partial charge in [0.25, 0.3) is 0 Å². The smallest absolute Gasteiger partial charge is 0.126 e. The van der Waals surface area contributed by atoms with Crippen molar-refractivity contribution in [2.45, 2.75) is 24.3 Å². The van der Waals surface area contributed by atoms with E-state index in [1.54, 1.807) is 6.07 Å². The molecule has 0 aliphatic rings. The van der Waals surface area contributed by atoms with Crippen LogP contribution in [-0.4, -0.2) is 18.8 Å². The summed E-state index contributed by atoms with van der Waals surface area (Å²) in [4.78, 5) is 1.28. The summed E-state index contributed by atoms with van der Waals surface area (Å²) >= 11 is 5.21. The van der Waals surface area contributed by atoms with Crippen molar-refractivity contribution >= 4 is 27.7 Å². The lowest BCUT2D eigenvalue weighted by Gasteiger charge is -2.17. The van der Waals surface area contributed by atoms with Gasteiger partial charge < -0.3 is 5.32 Å². The highest BCUT2D eigenvalue weighted by Crippen LogP contribution is 2.24. The molecule has 0 saturated carbocycles. The van der Waals surface area contributed by atoms with Gasteiger partial charge in [-0.15, -0.1) is 11.8 Å². The van der Waals surface area contributed by atoms with Gasteiger partial charge in [-0.25, -0.2) is 4.39 Å². The third-order valence-corrected chi connectivity index (χ3v) is 5.25. The summed E-state index contributed by atoms with van der Waals surface area (Å²) in [5.41, 5.74) is 2.03. The van der Waals surface area contributed by atoms with Gasteiger partial charge in [-0.1, -0.05) is 34.1 Å². The number of hydrogen-bond donors (Lipinski definition) is 1. The van der Waals surface area contributed by atoms with Gasteiger partial charge in [0.15, 0.2) is 0 Å². The van der Waals surface area contributed by atoms with E-state index < -0.39 is 0 Å². The van der Waals surface area contributed by atoms with Crippen molar-refractivity contribution < 1.29 is 4.39 Å². The third-order valence-electron chi connectivity index (χ3n) is 3.42. The predicted octanol–water partition coefficient (Wildman–Crippen LogP) is 4.82. The maximum Gasteiger partial charge on any atom is 0.126 e. The lowest BCUT2D eigenvalue weighted by molar-refractivity contribution is 0.568. The minimum atomic E-state index is -0.139. The fraction of sp³-hybridized carbons (Fsp3) is 0.294. The molecule has 2 aromatic rings. The Morgan fingerprint density at radius 1 is 1.24 bits per heavy atom. The largest absolute Gasteiger partial charge is 0.316 e. The number of thioether (sulfide) groups is 1. The number of benzene rings is 2. The number of hydrogen-bond acceptors (Lipinski definition) is 2. The van der Waals surface area contributed by atoms with Crippen molar-refractivity contribution in [2.75, 3.05) is 12.8 Å². The fourth-order valence-electron chi connectivity index (χ4n) is 2.12. The zero-order valence-corrected chi connectivity index (χ0v) is 14.6. The molecule has 1 unspecified atom stereocenters. The van der Waals surface area contributed by atoms with E-state index in [0.717, 1.165) is 15.8 Å². The number of nitrogens with one attached hydrogen (secondary N) is 1. The number of aryl methyl sites for hydroxylation is 1. The summed E-state index contributed by atoms with van der Waals surface area (Å²) in [5.74, 6) is 0.771. The van der Waals surface area contributed by atoms with Gasteiger partial charge in [0.2, 0.25) is 0 Å². The first-order valence-corrected chi connectivity index (χ1v) is 8.67. The molecule has 112 valence electrons. The molecule has 0 aromatic heterocycles. The zero-order chi connectivity index (χ0) is 15.2. The highest BCUT2D eigenvalue weighted by molar-refractivity contribution is 9.10. The van der Waals surface area contributed by atoms with Crippen LogP contribution >= 0.6 is 27.7 Å². The molecular weight excluding hydrogens is 349 g/mol. The Labute approximate surface area is 138 Å². The van der Waals surface area contributed by atoms with Crippen molar-refractivity contribution in [3.63, 3.8) is 0 Å². The second kappa shape index (κ2) is 7.97. The Morgan fingerprint density at radius 3 is 2.71 bits per heavy atom. The van der Waals surface area contributed by atoms with E-state index in [9.17, 15) is 4.39 Å². The van der Waals surface area contributed by atoms with Gasteiger partial charge in [0.1, 0.15) is 5.82 Å². The monoisotopic (exact) mass is 367 g/mol. The van der Waals surface area contributed by atoms with Crippen LogP contribution in [0.25, 0.3) is 0 Å². The Bertz CT molecular complexity index is 603. The molecule has 0 bridgehead atoms. The van der Waals surface area contributed by atoms with E-state index in [1.165, 1.54) is 16.5 Å². The standard InChI is InChI=1S/C17H19BrFNS/c1-12-5-3-4-6-17(12)21-11-15(20-2)10-13-9-14(18)7-8-16(13)19/h3-9,15,20H,10-11H2,1-2H3. The summed E-state index contributed by atoms with van der Waals surface area (Å²) in [6.07, 6.45) is 0.681. The quantitative estimate of drug-likeness (QED) is 0.734. The topological polar surface area (TPSA) is 12.0 Å². The summed E-state index contributed by atoms with van der Waals surface area (Å²) < 4.78 is 14.8. The van der Waals surface area contributed by atoms with Crippen molar-refractivity contribution in [1.29, 1.82) is 0 Å². The van der Waals surface area contributed by atoms with Crippen LogP contribution in [0.15, 0.2) is 51.8 Å². The highest BCUT2D eigenvalue weighted by Gasteiger charge is 2.12. The molecule has 4 heteroatoms. The van der Waals surface area contributed by atoms with Gasteiger partial charge in [0.05, 0.1) is 0 Å². The lowest BCUT2D eigenvalue weighted by Crippen LogP contribution is -2.30. The maximum atomic E-state index is 13.8. The third kappa shape index (κ3) is 4.83. The molecule has 2 rings (SSSR count). The molecule has 21 heavy (non-hydrogen) atoms. The molecule has 2 aromatic carbocycles. The average Bonchev–Trinajstić information content (AvgIpc) is 2.48. The van der Waals surface area contributed by atoms with E-state index in [2.05, 4.69) is 46.4 Å². The van der Waals surface area contributed by atoms with Gasteiger partial charge in [-0.3, -0.25) is 0 Å². The van der Waals surface area contributed by atoms with Crippen LogP contribution in [0.4, 0.5) is 4.39 Å². The number of rotatable bonds is 6. The van der Waals surface area contributed by atoms with Crippen LogP contribution in [-0.2, 0) is 6.42 Å². The highest BCUT2D eigenvalue weighted by atomic mass is 79.9. The minimum Gasteiger partial charge on any atom is -0.316 e. The van der Waals surface area contributed by atoms with E-state index >= 15 is 0 Å². The van der Waals surface area contributed by atoms with Crippen LogP contribution < -0.4 is 5.32 Å². The minimum absolute atomic E-state index is 0.139. The Balaban J connectivity index is 2.00. The maximum absolute atomic E-state index is 13.8. The van der Waals surface area contributed by atoms with Gasteiger partial charge in [0, 0.05) is 21.2 Å². The van der Waals surface area contributed by atoms with Crippen LogP contribution in [0, 0.1) is 12.7 Å². The van der Waals surface area contributed by atoms with Crippen LogP contribution in [0.5, 0.6) is 0 Å². The molecule has 1 nitrogen and oxygen atoms in total. The van der Waals surface area contributed by atoms with Crippen LogP contribution in [0.3, 0.4) is 0 Å². The summed E-state index contributed by atoms with van der Waals surface area (Å²) in [6.45, 7) is 2.12. The molecule has 0 fully saturated rings. The second-order valence-electron chi connectivity index (χ2n) is 5.00. The normalized spacial score (nSPS) is 12.4. The molecule has 0 aliphatic heterocycles. The molecule has 0 spiro atoms. The predicted molar refractivity (Wildman–Crippen MR) is 92.6 cm³/mol. The summed E-state index contributed by atoms with van der Waals surface area (Å²) in [6, 6.07) is 13.7. The van der Waals surface area contributed by atoms with Gasteiger partial charge in [-0.05, 0) is 55.8 Å². The molecule has 0 heterocycles.